The Morgan fingerprint density at radius 1 is 0.964 bits per heavy atom. The third-order valence-corrected chi connectivity index (χ3v) is 6.92. The maximum absolute atomic E-state index is 13.2. The lowest BCUT2D eigenvalue weighted by Gasteiger charge is -2.37. The van der Waals surface area contributed by atoms with Crippen molar-refractivity contribution in [1.82, 2.24) is 4.90 Å². The van der Waals surface area contributed by atoms with E-state index in [9.17, 15) is 13.2 Å². The van der Waals surface area contributed by atoms with Gasteiger partial charge in [-0.25, -0.2) is 8.42 Å². The summed E-state index contributed by atoms with van der Waals surface area (Å²) in [6.45, 7) is 1.41. The van der Waals surface area contributed by atoms with Crippen molar-refractivity contribution in [2.45, 2.75) is 31.1 Å². The lowest BCUT2D eigenvalue weighted by molar-refractivity contribution is -0.139. The summed E-state index contributed by atoms with van der Waals surface area (Å²) in [5.74, 6) is 0.183. The van der Waals surface area contributed by atoms with Crippen molar-refractivity contribution < 1.29 is 17.9 Å². The second kappa shape index (κ2) is 7.83. The second-order valence-corrected chi connectivity index (χ2v) is 9.13. The van der Waals surface area contributed by atoms with Gasteiger partial charge in [-0.3, -0.25) is 9.10 Å². The van der Waals surface area contributed by atoms with Gasteiger partial charge in [0.2, 0.25) is 10.0 Å². The highest BCUT2D eigenvalue weighted by Gasteiger charge is 2.38. The van der Waals surface area contributed by atoms with E-state index in [0.717, 1.165) is 19.3 Å². The number of anilines is 1. The number of fused-ring (bicyclic) bond motifs is 1. The van der Waals surface area contributed by atoms with Crippen molar-refractivity contribution in [3.63, 3.8) is 0 Å². The number of ether oxygens (including phenoxy) is 1. The SMILES string of the molecule is O=C([C@H]1CN(S(=O)(=O)Cc2ccccc2)c2ccccc2O1)N1CCCCC1. The number of amides is 1. The molecule has 2 aliphatic rings. The Morgan fingerprint density at radius 3 is 2.39 bits per heavy atom. The summed E-state index contributed by atoms with van der Waals surface area (Å²) in [5, 5.41) is 0. The van der Waals surface area contributed by atoms with Gasteiger partial charge in [0.25, 0.3) is 5.91 Å². The van der Waals surface area contributed by atoms with Crippen LogP contribution in [-0.4, -0.2) is 45.0 Å². The minimum Gasteiger partial charge on any atom is -0.476 e. The molecule has 0 saturated carbocycles. The number of para-hydroxylation sites is 2. The van der Waals surface area contributed by atoms with Crippen LogP contribution in [-0.2, 0) is 20.6 Å². The number of hydrogen-bond acceptors (Lipinski definition) is 4. The van der Waals surface area contributed by atoms with Gasteiger partial charge < -0.3 is 9.64 Å². The van der Waals surface area contributed by atoms with Gasteiger partial charge in [0.05, 0.1) is 18.0 Å². The molecule has 0 spiro atoms. The molecular weight excluding hydrogens is 376 g/mol. The quantitative estimate of drug-likeness (QED) is 0.792. The van der Waals surface area contributed by atoms with Crippen LogP contribution in [0.5, 0.6) is 5.75 Å². The van der Waals surface area contributed by atoms with Crippen LogP contribution >= 0.6 is 0 Å². The minimum atomic E-state index is -3.66. The third-order valence-electron chi connectivity index (χ3n) is 5.21. The van der Waals surface area contributed by atoms with Crippen molar-refractivity contribution in [2.75, 3.05) is 23.9 Å². The molecule has 2 aromatic carbocycles. The Hall–Kier alpha value is -2.54. The smallest absolute Gasteiger partial charge is 0.265 e. The number of likely N-dealkylation sites (tertiary alicyclic amines) is 1. The molecule has 7 heteroatoms. The van der Waals surface area contributed by atoms with Crippen molar-refractivity contribution in [3.05, 3.63) is 60.2 Å². The van der Waals surface area contributed by atoms with Crippen LogP contribution in [0.3, 0.4) is 0 Å². The van der Waals surface area contributed by atoms with Crippen LogP contribution in [0.25, 0.3) is 0 Å². The number of carbonyl (C=O) groups is 1. The van der Waals surface area contributed by atoms with E-state index < -0.39 is 16.1 Å². The highest BCUT2D eigenvalue weighted by molar-refractivity contribution is 7.92. The molecule has 2 aromatic rings. The van der Waals surface area contributed by atoms with E-state index in [2.05, 4.69) is 0 Å². The van der Waals surface area contributed by atoms with Crippen LogP contribution in [0.2, 0.25) is 0 Å². The molecule has 0 unspecified atom stereocenters. The van der Waals surface area contributed by atoms with E-state index in [1.807, 2.05) is 18.2 Å². The molecule has 4 rings (SSSR count). The minimum absolute atomic E-state index is 0.00150. The fraction of sp³-hybridized carbons (Fsp3) is 0.381. The van der Waals surface area contributed by atoms with Gasteiger partial charge in [-0.15, -0.1) is 0 Å². The molecule has 148 valence electrons. The lowest BCUT2D eigenvalue weighted by atomic mass is 10.1. The molecule has 0 bridgehead atoms. The van der Waals surface area contributed by atoms with E-state index in [4.69, 9.17) is 4.74 Å². The fourth-order valence-electron chi connectivity index (χ4n) is 3.77. The van der Waals surface area contributed by atoms with E-state index >= 15 is 0 Å². The molecule has 28 heavy (non-hydrogen) atoms. The zero-order valence-corrected chi connectivity index (χ0v) is 16.5. The van der Waals surface area contributed by atoms with Gasteiger partial charge in [-0.2, -0.15) is 0 Å². The molecule has 1 fully saturated rings. The first kappa shape index (κ1) is 18.8. The van der Waals surface area contributed by atoms with Crippen molar-refractivity contribution in [1.29, 1.82) is 0 Å². The standard InChI is InChI=1S/C21H24N2O4S/c24-21(22-13-7-2-8-14-22)20-15-23(18-11-5-6-12-19(18)27-20)28(25,26)16-17-9-3-1-4-10-17/h1,3-6,9-12,20H,2,7-8,13-16H2/t20-/m1/s1. The topological polar surface area (TPSA) is 66.9 Å². The fourth-order valence-corrected chi connectivity index (χ4v) is 5.36. The maximum Gasteiger partial charge on any atom is 0.265 e. The van der Waals surface area contributed by atoms with Crippen LogP contribution in [0.1, 0.15) is 24.8 Å². The van der Waals surface area contributed by atoms with Gasteiger partial charge in [-0.1, -0.05) is 42.5 Å². The number of piperidine rings is 1. The first-order valence-corrected chi connectivity index (χ1v) is 11.2. The second-order valence-electron chi connectivity index (χ2n) is 7.23. The van der Waals surface area contributed by atoms with E-state index in [1.54, 1.807) is 41.3 Å². The molecule has 0 aromatic heterocycles. The van der Waals surface area contributed by atoms with Gasteiger partial charge >= 0.3 is 0 Å². The molecule has 2 heterocycles. The van der Waals surface area contributed by atoms with E-state index in [0.29, 0.717) is 30.1 Å². The average molecular weight is 401 g/mol. The zero-order chi connectivity index (χ0) is 19.6. The molecule has 1 atom stereocenters. The Bertz CT molecular complexity index is 940. The number of nitrogens with zero attached hydrogens (tertiary/aromatic N) is 2. The molecule has 1 amide bonds. The predicted octanol–water partition coefficient (Wildman–Crippen LogP) is 2.80. The summed E-state index contributed by atoms with van der Waals surface area (Å²) in [5.41, 5.74) is 1.20. The molecule has 0 N–H and O–H groups in total. The number of carbonyl (C=O) groups excluding carboxylic acids is 1. The Labute approximate surface area is 165 Å². The summed E-state index contributed by atoms with van der Waals surface area (Å²) in [6, 6.07) is 16.1. The highest BCUT2D eigenvalue weighted by Crippen LogP contribution is 2.36. The summed E-state index contributed by atoms with van der Waals surface area (Å²) < 4.78 is 33.7. The van der Waals surface area contributed by atoms with Gasteiger partial charge in [0, 0.05) is 13.1 Å². The van der Waals surface area contributed by atoms with Crippen molar-refractivity contribution in [2.24, 2.45) is 0 Å². The largest absolute Gasteiger partial charge is 0.476 e. The third kappa shape index (κ3) is 3.85. The Morgan fingerprint density at radius 2 is 1.64 bits per heavy atom. The summed E-state index contributed by atoms with van der Waals surface area (Å²) >= 11 is 0. The first-order chi connectivity index (χ1) is 13.5. The molecule has 1 saturated heterocycles. The van der Waals surface area contributed by atoms with Crippen molar-refractivity contribution >= 4 is 21.6 Å². The number of rotatable bonds is 4. The highest BCUT2D eigenvalue weighted by atomic mass is 32.2. The monoisotopic (exact) mass is 400 g/mol. The molecule has 0 radical (unpaired) electrons. The molecular formula is C21H24N2O4S. The van der Waals surface area contributed by atoms with Crippen LogP contribution in [0, 0.1) is 0 Å². The van der Waals surface area contributed by atoms with E-state index in [1.165, 1.54) is 4.31 Å². The summed E-state index contributed by atoms with van der Waals surface area (Å²) in [7, 11) is -3.66. The molecule has 2 aliphatic heterocycles. The van der Waals surface area contributed by atoms with Crippen molar-refractivity contribution in [3.8, 4) is 5.75 Å². The Kier molecular flexibility index (Phi) is 5.26. The first-order valence-electron chi connectivity index (χ1n) is 9.63. The average Bonchev–Trinajstić information content (AvgIpc) is 2.73. The number of benzene rings is 2. The molecule has 6 nitrogen and oxygen atoms in total. The number of hydrogen-bond donors (Lipinski definition) is 0. The number of sulfonamides is 1. The normalized spacial score (nSPS) is 19.6. The summed E-state index contributed by atoms with van der Waals surface area (Å²) in [4.78, 5) is 14.8. The Balaban J connectivity index is 1.62. The van der Waals surface area contributed by atoms with Crippen LogP contribution < -0.4 is 9.04 Å². The van der Waals surface area contributed by atoms with Crippen LogP contribution in [0.4, 0.5) is 5.69 Å². The van der Waals surface area contributed by atoms with Gasteiger partial charge in [0.15, 0.2) is 6.10 Å². The lowest BCUT2D eigenvalue weighted by Crippen LogP contribution is -2.52. The predicted molar refractivity (Wildman–Crippen MR) is 108 cm³/mol. The maximum atomic E-state index is 13.2. The summed E-state index contributed by atoms with van der Waals surface area (Å²) in [6.07, 6.45) is 2.25. The molecule has 0 aliphatic carbocycles. The van der Waals surface area contributed by atoms with E-state index in [-0.39, 0.29) is 18.2 Å². The zero-order valence-electron chi connectivity index (χ0n) is 15.7. The van der Waals surface area contributed by atoms with Gasteiger partial charge in [0.1, 0.15) is 5.75 Å². The van der Waals surface area contributed by atoms with Gasteiger partial charge in [-0.05, 0) is 37.0 Å². The van der Waals surface area contributed by atoms with Crippen LogP contribution in [0.15, 0.2) is 54.6 Å².